The number of nitrogens with two attached hydrogens (primary N) is 2. The van der Waals surface area contributed by atoms with Gasteiger partial charge in [0, 0.05) is 18.7 Å². The highest BCUT2D eigenvalue weighted by Crippen LogP contribution is 2.26. The zero-order valence-corrected chi connectivity index (χ0v) is 10.9. The zero-order valence-electron chi connectivity index (χ0n) is 10.9. The Morgan fingerprint density at radius 2 is 2.25 bits per heavy atom. The molecule has 1 aromatic carbocycles. The van der Waals surface area contributed by atoms with Crippen LogP contribution in [0.25, 0.3) is 11.0 Å². The van der Waals surface area contributed by atoms with Crippen molar-refractivity contribution in [2.24, 2.45) is 5.73 Å². The highest BCUT2D eigenvalue weighted by Gasteiger charge is 2.13. The zero-order chi connectivity index (χ0) is 14.7. The molecule has 2 aromatic rings. The maximum atomic E-state index is 13.6. The van der Waals surface area contributed by atoms with Crippen molar-refractivity contribution >= 4 is 22.9 Å². The van der Waals surface area contributed by atoms with Crippen molar-refractivity contribution in [3.8, 4) is 5.75 Å². The van der Waals surface area contributed by atoms with Crippen LogP contribution >= 0.6 is 0 Å². The number of primary amides is 1. The van der Waals surface area contributed by atoms with Crippen LogP contribution in [0, 0.1) is 5.82 Å². The van der Waals surface area contributed by atoms with Crippen LogP contribution in [-0.2, 0) is 16.1 Å². The van der Waals surface area contributed by atoms with Gasteiger partial charge in [0.25, 0.3) is 0 Å². The molecule has 8 heteroatoms. The Balaban J connectivity index is 2.23. The number of fused-ring (bicyclic) bond motifs is 1. The average molecular weight is 282 g/mol. The van der Waals surface area contributed by atoms with Crippen LogP contribution in [0.3, 0.4) is 0 Å². The number of benzene rings is 1. The van der Waals surface area contributed by atoms with Crippen LogP contribution < -0.4 is 16.2 Å². The maximum Gasteiger partial charge on any atom is 0.243 e. The topological polar surface area (TPSA) is 105 Å². The number of halogens is 1. The average Bonchev–Trinajstić information content (AvgIpc) is 2.68. The second kappa shape index (κ2) is 5.74. The minimum absolute atomic E-state index is 0.108. The third-order valence-electron chi connectivity index (χ3n) is 2.75. The Bertz CT molecular complexity index is 641. The number of imidazole rings is 1. The first-order chi connectivity index (χ1) is 9.52. The Kier molecular flexibility index (Phi) is 4.04. The number of nitrogen functional groups attached to an aromatic ring is 1. The van der Waals surface area contributed by atoms with Crippen LogP contribution in [0.1, 0.15) is 0 Å². The minimum Gasteiger partial charge on any atom is -0.494 e. The molecule has 0 unspecified atom stereocenters. The fourth-order valence-corrected chi connectivity index (χ4v) is 1.87. The predicted octanol–water partition coefficient (Wildman–Crippen LogP) is 0.268. The highest BCUT2D eigenvalue weighted by atomic mass is 19.1. The molecule has 1 aromatic heterocycles. The summed E-state index contributed by atoms with van der Waals surface area (Å²) in [5.74, 6) is -0.709. The van der Waals surface area contributed by atoms with Crippen molar-refractivity contribution in [2.75, 3.05) is 26.1 Å². The van der Waals surface area contributed by atoms with Crippen LogP contribution in [0.4, 0.5) is 10.3 Å². The Labute approximate surface area is 114 Å². The quantitative estimate of drug-likeness (QED) is 0.740. The van der Waals surface area contributed by atoms with Crippen molar-refractivity contribution in [3.63, 3.8) is 0 Å². The van der Waals surface area contributed by atoms with Gasteiger partial charge in [-0.3, -0.25) is 4.79 Å². The largest absolute Gasteiger partial charge is 0.494 e. The minimum atomic E-state index is -0.544. The standard InChI is InChI=1S/C12H15FN4O3/c1-19-10-5-9-8(4-7(10)13)16-12(15)17(9)2-3-20-6-11(14)18/h4-5H,2-3,6H2,1H3,(H2,14,18)(H2,15,16). The summed E-state index contributed by atoms with van der Waals surface area (Å²) in [4.78, 5) is 14.6. The van der Waals surface area contributed by atoms with Crippen molar-refractivity contribution in [3.05, 3.63) is 17.9 Å². The van der Waals surface area contributed by atoms with E-state index in [4.69, 9.17) is 20.9 Å². The van der Waals surface area contributed by atoms with Crippen molar-refractivity contribution < 1.29 is 18.7 Å². The second-order valence-corrected chi connectivity index (χ2v) is 4.12. The lowest BCUT2D eigenvalue weighted by atomic mass is 10.3. The van der Waals surface area contributed by atoms with Crippen molar-refractivity contribution in [1.82, 2.24) is 9.55 Å². The molecule has 7 nitrogen and oxygen atoms in total. The normalized spacial score (nSPS) is 10.9. The molecule has 0 fully saturated rings. The molecule has 0 atom stereocenters. The first-order valence-corrected chi connectivity index (χ1v) is 5.88. The molecule has 1 amide bonds. The van der Waals surface area contributed by atoms with E-state index >= 15 is 0 Å². The Hall–Kier alpha value is -2.35. The third kappa shape index (κ3) is 2.80. The molecule has 108 valence electrons. The summed E-state index contributed by atoms with van der Waals surface area (Å²) in [7, 11) is 1.38. The van der Waals surface area contributed by atoms with Gasteiger partial charge in [0.1, 0.15) is 6.61 Å². The summed E-state index contributed by atoms with van der Waals surface area (Å²) in [5.41, 5.74) is 11.8. The third-order valence-corrected chi connectivity index (χ3v) is 2.75. The molecule has 1 heterocycles. The molecular formula is C12H15FN4O3. The van der Waals surface area contributed by atoms with Gasteiger partial charge in [0.15, 0.2) is 11.6 Å². The van der Waals surface area contributed by atoms with Gasteiger partial charge in [-0.05, 0) is 0 Å². The molecule has 0 aliphatic rings. The van der Waals surface area contributed by atoms with E-state index in [1.54, 1.807) is 4.57 Å². The number of aromatic nitrogens is 2. The maximum absolute atomic E-state index is 13.6. The van der Waals surface area contributed by atoms with E-state index in [1.807, 2.05) is 0 Å². The molecular weight excluding hydrogens is 267 g/mol. The number of methoxy groups -OCH3 is 1. The van der Waals surface area contributed by atoms with Gasteiger partial charge in [-0.25, -0.2) is 9.37 Å². The van der Waals surface area contributed by atoms with Gasteiger partial charge in [0.2, 0.25) is 11.9 Å². The number of ether oxygens (including phenoxy) is 2. The van der Waals surface area contributed by atoms with Gasteiger partial charge in [-0.2, -0.15) is 0 Å². The summed E-state index contributed by atoms with van der Waals surface area (Å²) < 4.78 is 25.2. The first-order valence-electron chi connectivity index (χ1n) is 5.88. The molecule has 0 aliphatic carbocycles. The fourth-order valence-electron chi connectivity index (χ4n) is 1.87. The number of amides is 1. The smallest absolute Gasteiger partial charge is 0.243 e. The van der Waals surface area contributed by atoms with Crippen molar-refractivity contribution in [1.29, 1.82) is 0 Å². The summed E-state index contributed by atoms with van der Waals surface area (Å²) in [5, 5.41) is 0. The number of anilines is 1. The van der Waals surface area contributed by atoms with Crippen LogP contribution in [0.5, 0.6) is 5.75 Å². The van der Waals surface area contributed by atoms with Crippen LogP contribution in [0.15, 0.2) is 12.1 Å². The predicted molar refractivity (Wildman–Crippen MR) is 70.7 cm³/mol. The highest BCUT2D eigenvalue weighted by molar-refractivity contribution is 5.80. The second-order valence-electron chi connectivity index (χ2n) is 4.12. The van der Waals surface area contributed by atoms with E-state index in [2.05, 4.69) is 4.98 Å². The summed E-state index contributed by atoms with van der Waals surface area (Å²) in [6.07, 6.45) is 0. The van der Waals surface area contributed by atoms with Crippen LogP contribution in [0.2, 0.25) is 0 Å². The number of carbonyl (C=O) groups is 1. The molecule has 0 spiro atoms. The molecule has 0 radical (unpaired) electrons. The monoisotopic (exact) mass is 282 g/mol. The Morgan fingerprint density at radius 1 is 1.50 bits per heavy atom. The number of rotatable bonds is 6. The van der Waals surface area contributed by atoms with Gasteiger partial charge in [-0.15, -0.1) is 0 Å². The van der Waals surface area contributed by atoms with E-state index in [0.717, 1.165) is 0 Å². The van der Waals surface area contributed by atoms with E-state index in [-0.39, 0.29) is 24.9 Å². The molecule has 2 rings (SSSR count). The lowest BCUT2D eigenvalue weighted by Crippen LogP contribution is -2.20. The first kappa shape index (κ1) is 14.1. The molecule has 0 aliphatic heterocycles. The lowest BCUT2D eigenvalue weighted by molar-refractivity contribution is -0.122. The molecule has 0 saturated heterocycles. The van der Waals surface area contributed by atoms with E-state index in [9.17, 15) is 9.18 Å². The number of nitrogens with zero attached hydrogens (tertiary/aromatic N) is 2. The molecule has 0 saturated carbocycles. The lowest BCUT2D eigenvalue weighted by Gasteiger charge is -2.07. The van der Waals surface area contributed by atoms with Gasteiger partial charge in [-0.1, -0.05) is 0 Å². The van der Waals surface area contributed by atoms with Gasteiger partial charge in [0.05, 0.1) is 24.8 Å². The molecule has 4 N–H and O–H groups in total. The van der Waals surface area contributed by atoms with Crippen molar-refractivity contribution in [2.45, 2.75) is 6.54 Å². The van der Waals surface area contributed by atoms with Gasteiger partial charge < -0.3 is 25.5 Å². The number of hydrogen-bond acceptors (Lipinski definition) is 5. The molecule has 0 bridgehead atoms. The summed E-state index contributed by atoms with van der Waals surface area (Å²) >= 11 is 0. The van der Waals surface area contributed by atoms with E-state index in [1.165, 1.54) is 19.2 Å². The number of carbonyl (C=O) groups excluding carboxylic acids is 1. The summed E-state index contributed by atoms with van der Waals surface area (Å²) in [6, 6.07) is 2.77. The fraction of sp³-hybridized carbons (Fsp3) is 0.333. The number of hydrogen-bond donors (Lipinski definition) is 2. The van der Waals surface area contributed by atoms with Gasteiger partial charge >= 0.3 is 0 Å². The van der Waals surface area contributed by atoms with E-state index in [0.29, 0.717) is 17.6 Å². The Morgan fingerprint density at radius 3 is 2.90 bits per heavy atom. The summed E-state index contributed by atoms with van der Waals surface area (Å²) in [6.45, 7) is 0.438. The van der Waals surface area contributed by atoms with E-state index < -0.39 is 11.7 Å². The molecule has 20 heavy (non-hydrogen) atoms. The van der Waals surface area contributed by atoms with Crippen LogP contribution in [-0.4, -0.2) is 35.8 Å². The SMILES string of the molecule is COc1cc2c(cc1F)nc(N)n2CCOCC(N)=O.